The van der Waals surface area contributed by atoms with E-state index in [1.807, 2.05) is 0 Å². The second kappa shape index (κ2) is 10.9. The van der Waals surface area contributed by atoms with Gasteiger partial charge in [0.1, 0.15) is 5.70 Å². The van der Waals surface area contributed by atoms with Crippen molar-refractivity contribution in [2.45, 2.75) is 4.90 Å². The Labute approximate surface area is 204 Å². The first-order valence-electron chi connectivity index (χ1n) is 9.79. The fourth-order valence-electron chi connectivity index (χ4n) is 2.77. The Morgan fingerprint density at radius 2 is 1.50 bits per heavy atom. The Kier molecular flexibility index (Phi) is 7.95. The Bertz CT molecular complexity index is 1350. The van der Waals surface area contributed by atoms with Crippen molar-refractivity contribution in [2.24, 2.45) is 10.9 Å². The molecule has 0 unspecified atom stereocenters. The van der Waals surface area contributed by atoms with Gasteiger partial charge >= 0.3 is 11.9 Å². The number of amides is 2. The van der Waals surface area contributed by atoms with Crippen LogP contribution in [0.5, 0.6) is 0 Å². The number of nitrogens with one attached hydrogen (secondary N) is 3. The van der Waals surface area contributed by atoms with Crippen molar-refractivity contribution >= 4 is 55.5 Å². The molecule has 9 nitrogen and oxygen atoms in total. The monoisotopic (exact) mass is 542 g/mol. The van der Waals surface area contributed by atoms with Crippen molar-refractivity contribution in [3.8, 4) is 0 Å². The molecule has 0 saturated heterocycles. The Morgan fingerprint density at radius 1 is 0.882 bits per heavy atom. The van der Waals surface area contributed by atoms with E-state index in [4.69, 9.17) is 10.9 Å². The van der Waals surface area contributed by atoms with E-state index in [9.17, 15) is 18.0 Å². The molecule has 3 rings (SSSR count). The van der Waals surface area contributed by atoms with Crippen LogP contribution in [0, 0.1) is 0 Å². The van der Waals surface area contributed by atoms with E-state index >= 15 is 0 Å². The van der Waals surface area contributed by atoms with Gasteiger partial charge in [-0.3, -0.25) is 10.5 Å². The molecule has 0 bridgehead atoms. The molecule has 11 heteroatoms. The smallest absolute Gasteiger partial charge is 0.316 e. The standard InChI is InChI=1S/C23H20BrN5O4S/c24-17-8-6-15(7-9-17)14-20(28-21(30)16-4-2-1-3-5-16)22(31)29-23(25)27-18-10-12-19(13-11-18)34(26,32)33/h1-14H,(H,28,30)(H2,26,32,33)(H3,25,27,29,31)/p+1/b20-14+. The Hall–Kier alpha value is -3.80. The van der Waals surface area contributed by atoms with E-state index in [-0.39, 0.29) is 16.6 Å². The Morgan fingerprint density at radius 3 is 2.09 bits per heavy atom. The highest BCUT2D eigenvalue weighted by Crippen LogP contribution is 2.13. The highest BCUT2D eigenvalue weighted by molar-refractivity contribution is 9.10. The fraction of sp³-hybridized carbons (Fsp3) is 0. The number of benzene rings is 3. The number of nitrogens with two attached hydrogens (primary N) is 2. The number of hydrogen-bond donors (Lipinski definition) is 5. The molecule has 0 heterocycles. The van der Waals surface area contributed by atoms with Crippen molar-refractivity contribution in [3.05, 3.63) is 100 Å². The summed E-state index contributed by atoms with van der Waals surface area (Å²) in [4.78, 5) is 28.2. The van der Waals surface area contributed by atoms with Crippen molar-refractivity contribution in [1.29, 1.82) is 0 Å². The highest BCUT2D eigenvalue weighted by Gasteiger charge is 2.19. The van der Waals surface area contributed by atoms with E-state index < -0.39 is 21.8 Å². The molecule has 0 spiro atoms. The molecule has 7 N–H and O–H groups in total. The topological polar surface area (TPSA) is 158 Å². The van der Waals surface area contributed by atoms with Crippen LogP contribution in [-0.4, -0.2) is 26.2 Å². The van der Waals surface area contributed by atoms with Crippen LogP contribution in [0.1, 0.15) is 15.9 Å². The number of primary sulfonamides is 1. The highest BCUT2D eigenvalue weighted by atomic mass is 79.9. The summed E-state index contributed by atoms with van der Waals surface area (Å²) in [6.07, 6.45) is 1.51. The molecule has 0 atom stereocenters. The van der Waals surface area contributed by atoms with Crippen LogP contribution in [0.4, 0.5) is 5.69 Å². The molecule has 0 aliphatic rings. The fourth-order valence-corrected chi connectivity index (χ4v) is 3.55. The molecular formula is C23H21BrN5O4S+. The molecule has 2 amide bonds. The minimum Gasteiger partial charge on any atom is -0.316 e. The zero-order valence-electron chi connectivity index (χ0n) is 17.7. The maximum Gasteiger partial charge on any atom is 0.353 e. The molecule has 3 aromatic rings. The van der Waals surface area contributed by atoms with Gasteiger partial charge in [0, 0.05) is 10.0 Å². The third kappa shape index (κ3) is 7.10. The summed E-state index contributed by atoms with van der Waals surface area (Å²) < 4.78 is 23.6. The summed E-state index contributed by atoms with van der Waals surface area (Å²) in [6, 6.07) is 21.1. The number of carbonyl (C=O) groups is 2. The zero-order valence-corrected chi connectivity index (χ0v) is 20.1. The van der Waals surface area contributed by atoms with Gasteiger partial charge < -0.3 is 5.32 Å². The van der Waals surface area contributed by atoms with Crippen molar-refractivity contribution < 1.29 is 23.0 Å². The SMILES string of the molecule is NC(NC(=O)/C(=C\c1ccc(Br)cc1)NC(=O)c1ccccc1)=[NH+]c1ccc(S(N)(=O)=O)cc1. The number of guanidine groups is 1. The van der Waals surface area contributed by atoms with Gasteiger partial charge in [-0.2, -0.15) is 0 Å². The third-order valence-electron chi connectivity index (χ3n) is 4.42. The summed E-state index contributed by atoms with van der Waals surface area (Å²) in [5.41, 5.74) is 7.34. The largest absolute Gasteiger partial charge is 0.353 e. The minimum absolute atomic E-state index is 0.0366. The lowest BCUT2D eigenvalue weighted by atomic mass is 10.1. The van der Waals surface area contributed by atoms with Crippen molar-refractivity contribution in [3.63, 3.8) is 0 Å². The van der Waals surface area contributed by atoms with Gasteiger partial charge in [0.25, 0.3) is 5.91 Å². The molecular weight excluding hydrogens is 522 g/mol. The van der Waals surface area contributed by atoms with Gasteiger partial charge in [0.05, 0.1) is 10.6 Å². The predicted molar refractivity (Wildman–Crippen MR) is 132 cm³/mol. The van der Waals surface area contributed by atoms with Crippen LogP contribution in [0.3, 0.4) is 0 Å². The quantitative estimate of drug-likeness (QED) is 0.176. The lowest BCUT2D eigenvalue weighted by Gasteiger charge is -2.08. The molecule has 0 aliphatic heterocycles. The molecule has 0 fully saturated rings. The summed E-state index contributed by atoms with van der Waals surface area (Å²) in [5.74, 6) is -1.27. The van der Waals surface area contributed by atoms with Crippen LogP contribution in [0.2, 0.25) is 0 Å². The molecule has 34 heavy (non-hydrogen) atoms. The lowest BCUT2D eigenvalue weighted by molar-refractivity contribution is -0.357. The van der Waals surface area contributed by atoms with Gasteiger partial charge in [-0.1, -0.05) is 46.3 Å². The van der Waals surface area contributed by atoms with Gasteiger partial charge in [-0.15, -0.1) is 0 Å². The van der Waals surface area contributed by atoms with E-state index in [0.29, 0.717) is 16.8 Å². The third-order valence-corrected chi connectivity index (χ3v) is 5.88. The van der Waals surface area contributed by atoms with Gasteiger partial charge in [-0.25, -0.2) is 28.7 Å². The normalized spacial score (nSPS) is 12.2. The number of halogens is 1. The van der Waals surface area contributed by atoms with Crippen molar-refractivity contribution in [2.75, 3.05) is 0 Å². The number of hydrogen-bond acceptors (Lipinski definition) is 4. The van der Waals surface area contributed by atoms with Crippen molar-refractivity contribution in [1.82, 2.24) is 10.6 Å². The predicted octanol–water partition coefficient (Wildman–Crippen LogP) is 0.711. The maximum atomic E-state index is 12.9. The zero-order chi connectivity index (χ0) is 24.7. The van der Waals surface area contributed by atoms with Crippen LogP contribution < -0.4 is 26.5 Å². The second-order valence-electron chi connectivity index (χ2n) is 6.99. The molecule has 0 saturated carbocycles. The summed E-state index contributed by atoms with van der Waals surface area (Å²) in [7, 11) is -3.83. The van der Waals surface area contributed by atoms with Gasteiger partial charge in [0.15, 0.2) is 0 Å². The maximum absolute atomic E-state index is 12.9. The summed E-state index contributed by atoms with van der Waals surface area (Å²) in [5, 5.41) is 10.2. The minimum atomic E-state index is -3.83. The lowest BCUT2D eigenvalue weighted by Crippen LogP contribution is -2.74. The van der Waals surface area contributed by atoms with Crippen LogP contribution >= 0.6 is 15.9 Å². The van der Waals surface area contributed by atoms with Crippen LogP contribution in [-0.2, 0) is 14.8 Å². The second-order valence-corrected chi connectivity index (χ2v) is 9.47. The van der Waals surface area contributed by atoms with E-state index in [0.717, 1.165) is 4.47 Å². The molecule has 0 radical (unpaired) electrons. The Balaban J connectivity index is 1.83. The van der Waals surface area contributed by atoms with Crippen LogP contribution in [0.25, 0.3) is 6.08 Å². The van der Waals surface area contributed by atoms with Gasteiger partial charge in [0.2, 0.25) is 10.0 Å². The van der Waals surface area contributed by atoms with E-state index in [1.54, 1.807) is 54.6 Å². The van der Waals surface area contributed by atoms with E-state index in [1.165, 1.54) is 30.3 Å². The van der Waals surface area contributed by atoms with Gasteiger partial charge in [-0.05, 0) is 60.2 Å². The van der Waals surface area contributed by atoms with Crippen LogP contribution in [0.15, 0.2) is 93.9 Å². The molecule has 174 valence electrons. The summed E-state index contributed by atoms with van der Waals surface area (Å²) in [6.45, 7) is 0. The number of carbonyl (C=O) groups excluding carboxylic acids is 2. The number of rotatable bonds is 6. The van der Waals surface area contributed by atoms with E-state index in [2.05, 4.69) is 31.6 Å². The first kappa shape index (κ1) is 24.8. The first-order valence-corrected chi connectivity index (χ1v) is 12.1. The molecule has 0 aliphatic carbocycles. The summed E-state index contributed by atoms with van der Waals surface area (Å²) >= 11 is 3.35. The average molecular weight is 543 g/mol. The number of sulfonamides is 1. The molecule has 3 aromatic carbocycles. The average Bonchev–Trinajstić information content (AvgIpc) is 2.80. The first-order chi connectivity index (χ1) is 16.1. The molecule has 0 aromatic heterocycles.